The van der Waals surface area contributed by atoms with Gasteiger partial charge in [-0.15, -0.1) is 11.8 Å². The molecule has 2 amide bonds. The number of carbonyl (C=O) groups is 2. The van der Waals surface area contributed by atoms with E-state index >= 15 is 0 Å². The topological polar surface area (TPSA) is 123 Å². The van der Waals surface area contributed by atoms with Gasteiger partial charge in [0.05, 0.1) is 24.6 Å². The van der Waals surface area contributed by atoms with Crippen LogP contribution in [0.4, 0.5) is 0 Å². The first-order valence-electron chi connectivity index (χ1n) is 11.3. The number of rotatable bonds is 18. The maximum Gasteiger partial charge on any atom is 0.233 e. The summed E-state index contributed by atoms with van der Waals surface area (Å²) in [6.07, 6.45) is -0.620. The van der Waals surface area contributed by atoms with E-state index in [-0.39, 0.29) is 24.2 Å². The number of nitrogens with two attached hydrogens (primary N) is 1. The highest BCUT2D eigenvalue weighted by molar-refractivity contribution is 8.00. The van der Waals surface area contributed by atoms with Gasteiger partial charge in [-0.25, -0.2) is 0 Å². The van der Waals surface area contributed by atoms with Gasteiger partial charge in [0.25, 0.3) is 0 Å². The third-order valence-corrected chi connectivity index (χ3v) is 5.65. The lowest BCUT2D eigenvalue weighted by molar-refractivity contribution is -0.126. The molecule has 0 aliphatic rings. The molecule has 0 fully saturated rings. The zero-order valence-electron chi connectivity index (χ0n) is 20.2. The molecule has 0 heterocycles. The summed E-state index contributed by atoms with van der Waals surface area (Å²) in [5, 5.41) is 15.2. The second-order valence-electron chi connectivity index (χ2n) is 9.00. The first kappa shape index (κ1) is 30.1. The smallest absolute Gasteiger partial charge is 0.233 e. The SMILES string of the molecule is CC(C)COCCNC(=O)CC(SC[C@H](N)C(O)C(C)C)C(=O)NCCOCC(C)C. The normalized spacial score (nSPS) is 14.7. The van der Waals surface area contributed by atoms with Crippen LogP contribution in [0, 0.1) is 17.8 Å². The predicted molar refractivity (Wildman–Crippen MR) is 127 cm³/mol. The van der Waals surface area contributed by atoms with Crippen LogP contribution in [0.2, 0.25) is 0 Å². The van der Waals surface area contributed by atoms with Crippen molar-refractivity contribution in [2.45, 2.75) is 65.4 Å². The molecule has 3 atom stereocenters. The summed E-state index contributed by atoms with van der Waals surface area (Å²) in [5.74, 6) is 0.836. The van der Waals surface area contributed by atoms with Crippen molar-refractivity contribution in [1.82, 2.24) is 10.6 Å². The van der Waals surface area contributed by atoms with Gasteiger partial charge in [-0.05, 0) is 17.8 Å². The number of aliphatic hydroxyl groups is 1. The molecule has 8 nitrogen and oxygen atoms in total. The molecule has 5 N–H and O–H groups in total. The lowest BCUT2D eigenvalue weighted by Crippen LogP contribution is -2.43. The fraction of sp³-hybridized carbons (Fsp3) is 0.909. The van der Waals surface area contributed by atoms with Crippen LogP contribution in [-0.4, -0.2) is 79.6 Å². The van der Waals surface area contributed by atoms with Crippen molar-refractivity contribution < 1.29 is 24.2 Å². The number of aliphatic hydroxyl groups excluding tert-OH is 1. The van der Waals surface area contributed by atoms with Gasteiger partial charge in [-0.3, -0.25) is 9.59 Å². The molecular weight excluding hydrogens is 418 g/mol. The highest BCUT2D eigenvalue weighted by Gasteiger charge is 2.25. The van der Waals surface area contributed by atoms with Crippen molar-refractivity contribution in [1.29, 1.82) is 0 Å². The molecule has 0 saturated heterocycles. The van der Waals surface area contributed by atoms with Crippen molar-refractivity contribution in [2.75, 3.05) is 45.3 Å². The molecule has 0 spiro atoms. The van der Waals surface area contributed by atoms with E-state index in [4.69, 9.17) is 15.2 Å². The van der Waals surface area contributed by atoms with Gasteiger partial charge in [0.2, 0.25) is 11.8 Å². The van der Waals surface area contributed by atoms with E-state index in [9.17, 15) is 14.7 Å². The highest BCUT2D eigenvalue weighted by atomic mass is 32.2. The van der Waals surface area contributed by atoms with E-state index in [1.807, 2.05) is 13.8 Å². The summed E-state index contributed by atoms with van der Waals surface area (Å²) in [6.45, 7) is 15.0. The second kappa shape index (κ2) is 17.7. The van der Waals surface area contributed by atoms with E-state index in [2.05, 4.69) is 38.3 Å². The molecule has 2 unspecified atom stereocenters. The number of amides is 2. The molecule has 0 bridgehead atoms. The first-order chi connectivity index (χ1) is 14.5. The lowest BCUT2D eigenvalue weighted by atomic mass is 10.0. The molecule has 9 heteroatoms. The average molecular weight is 464 g/mol. The van der Waals surface area contributed by atoms with Gasteiger partial charge in [0.1, 0.15) is 0 Å². The minimum atomic E-state index is -0.660. The fourth-order valence-corrected chi connectivity index (χ4v) is 3.70. The van der Waals surface area contributed by atoms with E-state index in [0.717, 1.165) is 0 Å². The Labute approximate surface area is 192 Å². The Kier molecular flexibility index (Phi) is 17.2. The van der Waals surface area contributed by atoms with E-state index in [1.54, 1.807) is 0 Å². The standard InChI is InChI=1S/C22H45N3O5S/c1-15(2)12-29-9-7-24-20(26)11-19(31-14-18(23)21(27)17(5)6)22(28)25-8-10-30-13-16(3)4/h15-19,21,27H,7-14,23H2,1-6H3,(H,24,26)(H,25,28)/t18-,19?,21?/m0/s1. The molecular formula is C22H45N3O5S. The molecule has 0 rings (SSSR count). The third kappa shape index (κ3) is 16.4. The number of thioether (sulfide) groups is 1. The minimum Gasteiger partial charge on any atom is -0.391 e. The zero-order chi connectivity index (χ0) is 23.8. The quantitative estimate of drug-likeness (QED) is 0.227. The van der Waals surface area contributed by atoms with Crippen molar-refractivity contribution in [3.05, 3.63) is 0 Å². The Morgan fingerprint density at radius 3 is 1.94 bits per heavy atom. The number of hydrogen-bond donors (Lipinski definition) is 4. The van der Waals surface area contributed by atoms with Gasteiger partial charge < -0.3 is 30.9 Å². The highest BCUT2D eigenvalue weighted by Crippen LogP contribution is 2.18. The van der Waals surface area contributed by atoms with Crippen molar-refractivity contribution >= 4 is 23.6 Å². The minimum absolute atomic E-state index is 0.0233. The van der Waals surface area contributed by atoms with E-state index < -0.39 is 17.4 Å². The number of ether oxygens (including phenoxy) is 2. The summed E-state index contributed by atoms with van der Waals surface area (Å²) < 4.78 is 10.9. The van der Waals surface area contributed by atoms with Crippen LogP contribution in [0.15, 0.2) is 0 Å². The third-order valence-electron chi connectivity index (χ3n) is 4.29. The Hall–Kier alpha value is -0.870. The number of hydrogen-bond acceptors (Lipinski definition) is 7. The van der Waals surface area contributed by atoms with Crippen molar-refractivity contribution in [3.63, 3.8) is 0 Å². The molecule has 0 aromatic rings. The van der Waals surface area contributed by atoms with Crippen LogP contribution in [0.1, 0.15) is 48.0 Å². The Balaban J connectivity index is 4.59. The molecule has 31 heavy (non-hydrogen) atoms. The van der Waals surface area contributed by atoms with Gasteiger partial charge in [0, 0.05) is 44.5 Å². The van der Waals surface area contributed by atoms with Crippen LogP contribution in [0.3, 0.4) is 0 Å². The summed E-state index contributed by atoms with van der Waals surface area (Å²) in [6, 6.07) is -0.470. The largest absolute Gasteiger partial charge is 0.391 e. The maximum atomic E-state index is 12.6. The molecule has 0 saturated carbocycles. The lowest BCUT2D eigenvalue weighted by Gasteiger charge is -2.24. The molecule has 0 aliphatic heterocycles. The Morgan fingerprint density at radius 1 is 0.935 bits per heavy atom. The molecule has 0 aromatic carbocycles. The van der Waals surface area contributed by atoms with Crippen molar-refractivity contribution in [2.24, 2.45) is 23.5 Å². The first-order valence-corrected chi connectivity index (χ1v) is 12.3. The maximum absolute atomic E-state index is 12.6. The van der Waals surface area contributed by atoms with Gasteiger partial charge in [-0.1, -0.05) is 41.5 Å². The van der Waals surface area contributed by atoms with Crippen LogP contribution in [0.5, 0.6) is 0 Å². The van der Waals surface area contributed by atoms with Crippen LogP contribution >= 0.6 is 11.8 Å². The summed E-state index contributed by atoms with van der Waals surface area (Å²) >= 11 is 1.30. The van der Waals surface area contributed by atoms with E-state index in [0.29, 0.717) is 57.1 Å². The van der Waals surface area contributed by atoms with Gasteiger partial charge >= 0.3 is 0 Å². The van der Waals surface area contributed by atoms with Gasteiger partial charge in [-0.2, -0.15) is 0 Å². The molecule has 0 aromatic heterocycles. The molecule has 0 radical (unpaired) electrons. The van der Waals surface area contributed by atoms with Crippen LogP contribution < -0.4 is 16.4 Å². The molecule has 184 valence electrons. The second-order valence-corrected chi connectivity index (χ2v) is 10.2. The Bertz CT molecular complexity index is 492. The fourth-order valence-electron chi connectivity index (χ4n) is 2.55. The van der Waals surface area contributed by atoms with Gasteiger partial charge in [0.15, 0.2) is 0 Å². The van der Waals surface area contributed by atoms with Crippen LogP contribution in [0.25, 0.3) is 0 Å². The van der Waals surface area contributed by atoms with E-state index in [1.165, 1.54) is 11.8 Å². The molecule has 0 aliphatic carbocycles. The Morgan fingerprint density at radius 2 is 1.45 bits per heavy atom. The summed E-state index contributed by atoms with van der Waals surface area (Å²) in [7, 11) is 0. The average Bonchev–Trinajstić information content (AvgIpc) is 2.68. The van der Waals surface area contributed by atoms with Crippen LogP contribution in [-0.2, 0) is 19.1 Å². The monoisotopic (exact) mass is 463 g/mol. The number of carbonyl (C=O) groups excluding carboxylic acids is 2. The van der Waals surface area contributed by atoms with Crippen molar-refractivity contribution in [3.8, 4) is 0 Å². The zero-order valence-corrected chi connectivity index (χ0v) is 21.0. The predicted octanol–water partition coefficient (Wildman–Crippen LogP) is 1.40. The summed E-state index contributed by atoms with van der Waals surface area (Å²) in [5.41, 5.74) is 6.06. The number of nitrogens with one attached hydrogen (secondary N) is 2. The summed E-state index contributed by atoms with van der Waals surface area (Å²) in [4.78, 5) is 25.0.